The molecule has 0 fully saturated rings. The minimum atomic E-state index is -4.41. The van der Waals surface area contributed by atoms with Crippen molar-refractivity contribution in [1.82, 2.24) is 28.8 Å². The van der Waals surface area contributed by atoms with E-state index in [-0.39, 0.29) is 11.1 Å². The summed E-state index contributed by atoms with van der Waals surface area (Å²) in [4.78, 5) is 31.8. The van der Waals surface area contributed by atoms with Crippen molar-refractivity contribution in [1.29, 1.82) is 0 Å². The Morgan fingerprint density at radius 2 is 1.18 bits per heavy atom. The number of aryl methyl sites for hydroxylation is 3. The number of nitrogens with zero attached hydrogens (tertiary/aromatic N) is 6. The lowest BCUT2D eigenvalue weighted by atomic mass is 10.2. The molecule has 0 aliphatic rings. The van der Waals surface area contributed by atoms with Gasteiger partial charge in [-0.3, -0.25) is 14.4 Å². The Kier molecular flexibility index (Phi) is 7.89. The predicted molar refractivity (Wildman–Crippen MR) is 141 cm³/mol. The second-order valence-electron chi connectivity index (χ2n) is 8.86. The number of halogens is 3. The second kappa shape index (κ2) is 11.3. The SMILES string of the molecule is Cc1ccn2nc(C)c(C=O)c2c1.Cc1ccn2ncc(C=O)c2c1.O=Cc1cnn2ccc(C(F)(F)F)cc12. The Morgan fingerprint density at radius 3 is 1.70 bits per heavy atom. The smallest absolute Gasteiger partial charge is 0.298 e. The Labute approximate surface area is 225 Å². The molecule has 6 rings (SSSR count). The Balaban J connectivity index is 0.000000140. The first-order chi connectivity index (χ1) is 19.0. The molecule has 6 heterocycles. The van der Waals surface area contributed by atoms with E-state index in [1.165, 1.54) is 16.9 Å². The first kappa shape index (κ1) is 27.9. The fourth-order valence-electron chi connectivity index (χ4n) is 3.90. The number of aromatic nitrogens is 6. The molecule has 0 bridgehead atoms. The van der Waals surface area contributed by atoms with Crippen LogP contribution in [0.15, 0.2) is 67.4 Å². The normalized spacial score (nSPS) is 11.1. The number of carbonyl (C=O) groups excluding carboxylic acids is 3. The molecule has 0 aliphatic heterocycles. The zero-order chi connectivity index (χ0) is 29.0. The molecule has 40 heavy (non-hydrogen) atoms. The van der Waals surface area contributed by atoms with Crippen molar-refractivity contribution in [3.8, 4) is 0 Å². The van der Waals surface area contributed by atoms with E-state index in [9.17, 15) is 27.6 Å². The van der Waals surface area contributed by atoms with E-state index in [4.69, 9.17) is 0 Å². The number of hydrogen-bond acceptors (Lipinski definition) is 6. The largest absolute Gasteiger partial charge is 0.416 e. The van der Waals surface area contributed by atoms with Gasteiger partial charge in [0.1, 0.15) is 0 Å². The molecule has 0 amide bonds. The number of rotatable bonds is 3. The van der Waals surface area contributed by atoms with Crippen molar-refractivity contribution in [3.63, 3.8) is 0 Å². The molecule has 0 saturated carbocycles. The molecule has 0 aromatic carbocycles. The minimum absolute atomic E-state index is 0.140. The fourth-order valence-corrected chi connectivity index (χ4v) is 3.90. The molecule has 6 aromatic rings. The summed E-state index contributed by atoms with van der Waals surface area (Å²) in [5.41, 5.74) is 5.61. The van der Waals surface area contributed by atoms with Crippen molar-refractivity contribution in [3.05, 3.63) is 106 Å². The van der Waals surface area contributed by atoms with Gasteiger partial charge in [-0.1, -0.05) is 0 Å². The lowest BCUT2D eigenvalue weighted by Crippen LogP contribution is -2.05. The van der Waals surface area contributed by atoms with E-state index >= 15 is 0 Å². The van der Waals surface area contributed by atoms with Crippen LogP contribution < -0.4 is 0 Å². The highest BCUT2D eigenvalue weighted by atomic mass is 19.4. The summed E-state index contributed by atoms with van der Waals surface area (Å²) in [6.45, 7) is 5.82. The molecule has 0 N–H and O–H groups in total. The van der Waals surface area contributed by atoms with Crippen LogP contribution >= 0.6 is 0 Å². The third kappa shape index (κ3) is 5.80. The van der Waals surface area contributed by atoms with Crippen molar-refractivity contribution in [2.24, 2.45) is 0 Å². The Bertz CT molecular complexity index is 1850. The maximum Gasteiger partial charge on any atom is 0.416 e. The molecule has 0 atom stereocenters. The number of hydrogen-bond donors (Lipinski definition) is 0. The van der Waals surface area contributed by atoms with Gasteiger partial charge < -0.3 is 0 Å². The Morgan fingerprint density at radius 1 is 0.675 bits per heavy atom. The van der Waals surface area contributed by atoms with E-state index in [0.717, 1.165) is 52.6 Å². The van der Waals surface area contributed by atoms with Crippen LogP contribution in [-0.4, -0.2) is 47.7 Å². The predicted octanol–water partition coefficient (Wildman–Crippen LogP) is 5.38. The molecule has 0 saturated heterocycles. The van der Waals surface area contributed by atoms with Crippen LogP contribution in [-0.2, 0) is 6.18 Å². The number of fused-ring (bicyclic) bond motifs is 3. The summed E-state index contributed by atoms with van der Waals surface area (Å²) in [5, 5.41) is 12.0. The summed E-state index contributed by atoms with van der Waals surface area (Å²) in [6, 6.07) is 9.63. The molecule has 6 aromatic heterocycles. The highest BCUT2D eigenvalue weighted by Gasteiger charge is 2.30. The van der Waals surface area contributed by atoms with Crippen LogP contribution in [0.4, 0.5) is 13.2 Å². The molecule has 0 aliphatic carbocycles. The highest BCUT2D eigenvalue weighted by Crippen LogP contribution is 2.30. The second-order valence-corrected chi connectivity index (χ2v) is 8.86. The summed E-state index contributed by atoms with van der Waals surface area (Å²) in [7, 11) is 0. The monoisotopic (exact) mass is 548 g/mol. The van der Waals surface area contributed by atoms with E-state index in [2.05, 4.69) is 15.3 Å². The van der Waals surface area contributed by atoms with Crippen molar-refractivity contribution >= 4 is 35.4 Å². The van der Waals surface area contributed by atoms with E-state index in [1.54, 1.807) is 15.2 Å². The van der Waals surface area contributed by atoms with Gasteiger partial charge in [0, 0.05) is 18.6 Å². The van der Waals surface area contributed by atoms with Crippen molar-refractivity contribution in [2.75, 3.05) is 0 Å². The van der Waals surface area contributed by atoms with Gasteiger partial charge in [0.05, 0.1) is 56.9 Å². The van der Waals surface area contributed by atoms with Crippen LogP contribution in [0.25, 0.3) is 16.6 Å². The van der Waals surface area contributed by atoms with E-state index in [1.807, 2.05) is 57.4 Å². The standard InChI is InChI=1S/C10H10N2O.C9H5F3N2O.C9H8N2O/c1-7-3-4-12-10(5-7)9(6-13)8(2)11-12;10-9(11,12)7-1-2-14-8(3-7)6(5-15)4-13-14;1-7-2-3-11-9(4-7)8(6-12)5-10-11/h3-6H,1-2H3;1-5H;2-6H,1H3. The first-order valence-electron chi connectivity index (χ1n) is 11.9. The van der Waals surface area contributed by atoms with E-state index in [0.29, 0.717) is 17.4 Å². The zero-order valence-corrected chi connectivity index (χ0v) is 21.6. The average Bonchev–Trinajstić information content (AvgIpc) is 3.62. The quantitative estimate of drug-likeness (QED) is 0.275. The summed E-state index contributed by atoms with van der Waals surface area (Å²) < 4.78 is 41.7. The molecule has 9 nitrogen and oxygen atoms in total. The zero-order valence-electron chi connectivity index (χ0n) is 21.6. The molecule has 12 heteroatoms. The number of alkyl halides is 3. The van der Waals surface area contributed by atoms with Gasteiger partial charge in [0.15, 0.2) is 18.9 Å². The lowest BCUT2D eigenvalue weighted by molar-refractivity contribution is -0.137. The van der Waals surface area contributed by atoms with Gasteiger partial charge >= 0.3 is 6.18 Å². The number of aldehydes is 3. The van der Waals surface area contributed by atoms with Crippen molar-refractivity contribution < 1.29 is 27.6 Å². The molecule has 0 spiro atoms. The highest BCUT2D eigenvalue weighted by molar-refractivity contribution is 5.88. The van der Waals surface area contributed by atoms with E-state index < -0.39 is 11.7 Å². The van der Waals surface area contributed by atoms with Crippen LogP contribution in [0.1, 0.15) is 53.5 Å². The molecule has 0 radical (unpaired) electrons. The Hall–Kier alpha value is -5.13. The molecular formula is C28H23F3N6O3. The third-order valence-electron chi connectivity index (χ3n) is 5.97. The van der Waals surface area contributed by atoms with Gasteiger partial charge in [-0.15, -0.1) is 0 Å². The van der Waals surface area contributed by atoms with Crippen LogP contribution in [0, 0.1) is 20.8 Å². The van der Waals surface area contributed by atoms with Gasteiger partial charge in [0.25, 0.3) is 0 Å². The lowest BCUT2D eigenvalue weighted by Gasteiger charge is -2.06. The molecule has 204 valence electrons. The fraction of sp³-hybridized carbons (Fsp3) is 0.143. The maximum atomic E-state index is 12.3. The summed E-state index contributed by atoms with van der Waals surface area (Å²) in [6.07, 6.45) is 5.42. The average molecular weight is 549 g/mol. The summed E-state index contributed by atoms with van der Waals surface area (Å²) in [5.74, 6) is 0. The number of pyridine rings is 3. The maximum absolute atomic E-state index is 12.3. The third-order valence-corrected chi connectivity index (χ3v) is 5.97. The van der Waals surface area contributed by atoms with Gasteiger partial charge in [-0.05, 0) is 68.3 Å². The van der Waals surface area contributed by atoms with Crippen LogP contribution in [0.5, 0.6) is 0 Å². The summed E-state index contributed by atoms with van der Waals surface area (Å²) >= 11 is 0. The van der Waals surface area contributed by atoms with Crippen LogP contribution in [0.3, 0.4) is 0 Å². The minimum Gasteiger partial charge on any atom is -0.298 e. The molecular weight excluding hydrogens is 525 g/mol. The molecule has 0 unspecified atom stereocenters. The first-order valence-corrected chi connectivity index (χ1v) is 11.9. The number of carbonyl (C=O) groups is 3. The van der Waals surface area contributed by atoms with Crippen molar-refractivity contribution in [2.45, 2.75) is 26.9 Å². The van der Waals surface area contributed by atoms with Gasteiger partial charge in [0.2, 0.25) is 0 Å². The van der Waals surface area contributed by atoms with Gasteiger partial charge in [-0.25, -0.2) is 13.5 Å². The topological polar surface area (TPSA) is 103 Å². The van der Waals surface area contributed by atoms with Gasteiger partial charge in [-0.2, -0.15) is 28.5 Å². The van der Waals surface area contributed by atoms with Crippen LogP contribution in [0.2, 0.25) is 0 Å².